The van der Waals surface area contributed by atoms with E-state index < -0.39 is 0 Å². The largest absolute Gasteiger partial charge is 0.486 e. The molecule has 146 valence electrons. The lowest BCUT2D eigenvalue weighted by molar-refractivity contribution is -0.910. The molecule has 1 unspecified atom stereocenters. The maximum Gasteiger partial charge on any atom is 0.279 e. The molecular formula is C21H23N2O5+. The van der Waals surface area contributed by atoms with Gasteiger partial charge in [0.05, 0.1) is 6.54 Å². The Bertz CT molecular complexity index is 900. The second-order valence-electron chi connectivity index (χ2n) is 7.30. The van der Waals surface area contributed by atoms with Gasteiger partial charge in [0.1, 0.15) is 19.3 Å². The van der Waals surface area contributed by atoms with Crippen LogP contribution in [0.15, 0.2) is 36.4 Å². The molecule has 1 fully saturated rings. The van der Waals surface area contributed by atoms with Crippen molar-refractivity contribution in [3.63, 3.8) is 0 Å². The number of nitrogens with one attached hydrogen (secondary N) is 2. The van der Waals surface area contributed by atoms with Gasteiger partial charge in [-0.25, -0.2) is 0 Å². The molecule has 5 rings (SSSR count). The predicted molar refractivity (Wildman–Crippen MR) is 101 cm³/mol. The molecule has 3 heterocycles. The molecule has 7 nitrogen and oxygen atoms in total. The van der Waals surface area contributed by atoms with Gasteiger partial charge in [0.15, 0.2) is 29.5 Å². The summed E-state index contributed by atoms with van der Waals surface area (Å²) in [4.78, 5) is 13.9. The molecule has 3 aliphatic rings. The van der Waals surface area contributed by atoms with Crippen molar-refractivity contribution in [2.75, 3.05) is 38.4 Å². The van der Waals surface area contributed by atoms with Gasteiger partial charge in [-0.15, -0.1) is 0 Å². The molecule has 1 saturated heterocycles. The van der Waals surface area contributed by atoms with E-state index in [9.17, 15) is 4.79 Å². The van der Waals surface area contributed by atoms with Crippen molar-refractivity contribution in [2.45, 2.75) is 18.9 Å². The molecule has 2 atom stereocenters. The Morgan fingerprint density at radius 3 is 2.64 bits per heavy atom. The summed E-state index contributed by atoms with van der Waals surface area (Å²) >= 11 is 0. The number of benzene rings is 2. The van der Waals surface area contributed by atoms with Crippen LogP contribution in [0, 0.1) is 0 Å². The van der Waals surface area contributed by atoms with Crippen LogP contribution in [0.2, 0.25) is 0 Å². The summed E-state index contributed by atoms with van der Waals surface area (Å²) in [5.74, 6) is 2.98. The molecule has 2 N–H and O–H groups in total. The van der Waals surface area contributed by atoms with E-state index in [1.807, 2.05) is 18.2 Å². The van der Waals surface area contributed by atoms with E-state index in [4.69, 9.17) is 18.9 Å². The standard InChI is InChI=1S/C21H22N2O5/c24-21(22-15-4-6-18-20(11-15)28-13-27-18)12-23-7-1-2-16(23)14-3-5-17-19(10-14)26-9-8-25-17/h3-6,10-11,16H,1-2,7-9,12-13H2,(H,22,24)/p+1/t16-/m0/s1. The maximum absolute atomic E-state index is 12.6. The number of quaternary nitrogens is 1. The topological polar surface area (TPSA) is 70.5 Å². The molecule has 0 aliphatic carbocycles. The van der Waals surface area contributed by atoms with Crippen LogP contribution in [0.3, 0.4) is 0 Å². The monoisotopic (exact) mass is 383 g/mol. The van der Waals surface area contributed by atoms with Gasteiger partial charge in [-0.2, -0.15) is 0 Å². The van der Waals surface area contributed by atoms with Crippen molar-refractivity contribution in [2.24, 2.45) is 0 Å². The van der Waals surface area contributed by atoms with Gasteiger partial charge in [0, 0.05) is 30.2 Å². The zero-order valence-electron chi connectivity index (χ0n) is 15.5. The van der Waals surface area contributed by atoms with Crippen LogP contribution < -0.4 is 29.2 Å². The molecule has 0 spiro atoms. The second-order valence-corrected chi connectivity index (χ2v) is 7.30. The Hall–Kier alpha value is -2.93. The number of amides is 1. The van der Waals surface area contributed by atoms with E-state index >= 15 is 0 Å². The van der Waals surface area contributed by atoms with E-state index in [0.717, 1.165) is 36.6 Å². The van der Waals surface area contributed by atoms with E-state index in [0.29, 0.717) is 37.3 Å². The number of hydrogen-bond donors (Lipinski definition) is 2. The Morgan fingerprint density at radius 2 is 1.71 bits per heavy atom. The molecule has 0 saturated carbocycles. The number of rotatable bonds is 4. The van der Waals surface area contributed by atoms with Crippen molar-refractivity contribution >= 4 is 11.6 Å². The first-order chi connectivity index (χ1) is 13.8. The Balaban J connectivity index is 1.26. The van der Waals surface area contributed by atoms with Crippen LogP contribution in [0.4, 0.5) is 5.69 Å². The third-order valence-electron chi connectivity index (χ3n) is 5.50. The minimum Gasteiger partial charge on any atom is -0.486 e. The normalized spacial score (nSPS) is 22.1. The van der Waals surface area contributed by atoms with Crippen LogP contribution in [0.25, 0.3) is 0 Å². The summed E-state index contributed by atoms with van der Waals surface area (Å²) in [6, 6.07) is 11.9. The maximum atomic E-state index is 12.6. The molecule has 28 heavy (non-hydrogen) atoms. The molecule has 7 heteroatoms. The van der Waals surface area contributed by atoms with E-state index in [2.05, 4.69) is 17.4 Å². The van der Waals surface area contributed by atoms with Gasteiger partial charge in [-0.05, 0) is 30.3 Å². The fraction of sp³-hybridized carbons (Fsp3) is 0.381. The lowest BCUT2D eigenvalue weighted by Crippen LogP contribution is -3.11. The zero-order chi connectivity index (χ0) is 18.9. The Kier molecular flexibility index (Phi) is 4.44. The molecule has 1 amide bonds. The van der Waals surface area contributed by atoms with Gasteiger partial charge in [-0.1, -0.05) is 0 Å². The van der Waals surface area contributed by atoms with Crippen molar-refractivity contribution in [3.8, 4) is 23.0 Å². The van der Waals surface area contributed by atoms with Crippen LogP contribution in [0.5, 0.6) is 23.0 Å². The quantitative estimate of drug-likeness (QED) is 0.838. The summed E-state index contributed by atoms with van der Waals surface area (Å²) in [5.41, 5.74) is 1.93. The molecule has 2 aromatic rings. The van der Waals surface area contributed by atoms with E-state index in [1.54, 1.807) is 6.07 Å². The van der Waals surface area contributed by atoms with Gasteiger partial charge in [0.2, 0.25) is 6.79 Å². The fourth-order valence-electron chi connectivity index (χ4n) is 4.19. The summed E-state index contributed by atoms with van der Waals surface area (Å²) < 4.78 is 22.0. The second kappa shape index (κ2) is 7.24. The number of hydrogen-bond acceptors (Lipinski definition) is 5. The SMILES string of the molecule is O=C(C[NH+]1CCC[C@H]1c1ccc2c(c1)OCCO2)Nc1ccc2c(c1)OCO2. The summed E-state index contributed by atoms with van der Waals surface area (Å²) in [6.07, 6.45) is 2.16. The number of ether oxygens (including phenoxy) is 4. The fourth-order valence-corrected chi connectivity index (χ4v) is 4.19. The van der Waals surface area contributed by atoms with Crippen LogP contribution in [-0.4, -0.2) is 39.0 Å². The molecule has 3 aliphatic heterocycles. The minimum absolute atomic E-state index is 0.00157. The van der Waals surface area contributed by atoms with Gasteiger partial charge < -0.3 is 29.2 Å². The van der Waals surface area contributed by atoms with Crippen molar-refractivity contribution < 1.29 is 28.6 Å². The number of anilines is 1. The van der Waals surface area contributed by atoms with Crippen molar-refractivity contribution in [3.05, 3.63) is 42.0 Å². The third-order valence-corrected chi connectivity index (χ3v) is 5.50. The average molecular weight is 383 g/mol. The van der Waals surface area contributed by atoms with E-state index in [-0.39, 0.29) is 12.7 Å². The Morgan fingerprint density at radius 1 is 0.964 bits per heavy atom. The smallest absolute Gasteiger partial charge is 0.279 e. The summed E-state index contributed by atoms with van der Waals surface area (Å²) in [5, 5.41) is 2.98. The highest BCUT2D eigenvalue weighted by Gasteiger charge is 2.32. The van der Waals surface area contributed by atoms with Crippen LogP contribution >= 0.6 is 0 Å². The molecular weight excluding hydrogens is 360 g/mol. The third kappa shape index (κ3) is 3.33. The summed E-state index contributed by atoms with van der Waals surface area (Å²) in [7, 11) is 0. The van der Waals surface area contributed by atoms with Gasteiger partial charge >= 0.3 is 0 Å². The molecule has 2 aromatic carbocycles. The average Bonchev–Trinajstić information content (AvgIpc) is 3.36. The number of likely N-dealkylation sites (tertiary alicyclic amines) is 1. The summed E-state index contributed by atoms with van der Waals surface area (Å²) in [6.45, 7) is 2.80. The minimum atomic E-state index is -0.00157. The van der Waals surface area contributed by atoms with Gasteiger partial charge in [-0.3, -0.25) is 4.79 Å². The number of fused-ring (bicyclic) bond motifs is 2. The number of carbonyl (C=O) groups is 1. The first-order valence-corrected chi connectivity index (χ1v) is 9.70. The first kappa shape index (κ1) is 17.2. The number of carbonyl (C=O) groups excluding carboxylic acids is 1. The molecule has 0 aromatic heterocycles. The van der Waals surface area contributed by atoms with Gasteiger partial charge in [0.25, 0.3) is 5.91 Å². The molecule has 0 radical (unpaired) electrons. The van der Waals surface area contributed by atoms with E-state index in [1.165, 1.54) is 10.5 Å². The highest BCUT2D eigenvalue weighted by molar-refractivity contribution is 5.91. The van der Waals surface area contributed by atoms with Crippen molar-refractivity contribution in [1.82, 2.24) is 0 Å². The lowest BCUT2D eigenvalue weighted by Gasteiger charge is -2.24. The highest BCUT2D eigenvalue weighted by atomic mass is 16.7. The Labute approximate surface area is 163 Å². The van der Waals surface area contributed by atoms with Crippen LogP contribution in [-0.2, 0) is 4.79 Å². The first-order valence-electron chi connectivity index (χ1n) is 9.70. The predicted octanol–water partition coefficient (Wildman–Crippen LogP) is 1.54. The van der Waals surface area contributed by atoms with Crippen LogP contribution in [0.1, 0.15) is 24.4 Å². The molecule has 0 bridgehead atoms. The zero-order valence-corrected chi connectivity index (χ0v) is 15.5. The highest BCUT2D eigenvalue weighted by Crippen LogP contribution is 2.35. The lowest BCUT2D eigenvalue weighted by atomic mass is 10.0. The van der Waals surface area contributed by atoms with Crippen molar-refractivity contribution in [1.29, 1.82) is 0 Å².